The topological polar surface area (TPSA) is 75.7 Å². The predicted octanol–water partition coefficient (Wildman–Crippen LogP) is 1.01. The van der Waals surface area contributed by atoms with Crippen LogP contribution in [-0.2, 0) is 13.6 Å². The molecule has 0 spiro atoms. The van der Waals surface area contributed by atoms with Crippen molar-refractivity contribution >= 4 is 11.6 Å². The molecule has 0 fully saturated rings. The van der Waals surface area contributed by atoms with Gasteiger partial charge in [0.05, 0.1) is 13.2 Å². The Balaban J connectivity index is 1.90. The van der Waals surface area contributed by atoms with Crippen LogP contribution in [0.25, 0.3) is 5.65 Å². The van der Waals surface area contributed by atoms with Crippen LogP contribution in [0.3, 0.4) is 0 Å². The van der Waals surface area contributed by atoms with Crippen molar-refractivity contribution in [3.05, 3.63) is 54.0 Å². The summed E-state index contributed by atoms with van der Waals surface area (Å²) in [5, 5.41) is 9.27. The number of aryl methyl sites for hydroxylation is 2. The highest BCUT2D eigenvalue weighted by atomic mass is 16.3. The standard InChI is InChI=1S/C16H19N5O2/c1-12-4-3-5-14-18-13(10-21(12)14)16(23)20(8-9-22)11-15-17-6-7-19(15)2/h3-7,10,22H,8-9,11H2,1-2H3. The fraction of sp³-hybridized carbons (Fsp3) is 0.312. The molecule has 3 aromatic rings. The van der Waals surface area contributed by atoms with E-state index >= 15 is 0 Å². The Labute approximate surface area is 133 Å². The molecule has 7 heteroatoms. The largest absolute Gasteiger partial charge is 0.395 e. The molecule has 0 aliphatic heterocycles. The second-order valence-electron chi connectivity index (χ2n) is 5.43. The average Bonchev–Trinajstić information content (AvgIpc) is 3.14. The van der Waals surface area contributed by atoms with Crippen LogP contribution in [0.5, 0.6) is 0 Å². The van der Waals surface area contributed by atoms with Gasteiger partial charge in [-0.25, -0.2) is 9.97 Å². The van der Waals surface area contributed by atoms with Gasteiger partial charge in [0.15, 0.2) is 0 Å². The number of pyridine rings is 1. The first-order valence-corrected chi connectivity index (χ1v) is 7.41. The molecular weight excluding hydrogens is 294 g/mol. The highest BCUT2D eigenvalue weighted by molar-refractivity contribution is 5.92. The van der Waals surface area contributed by atoms with Crippen molar-refractivity contribution in [1.29, 1.82) is 0 Å². The number of amides is 1. The molecule has 0 aliphatic rings. The van der Waals surface area contributed by atoms with Crippen LogP contribution in [0.15, 0.2) is 36.8 Å². The van der Waals surface area contributed by atoms with Gasteiger partial charge in [0.2, 0.25) is 0 Å². The van der Waals surface area contributed by atoms with E-state index in [0.29, 0.717) is 12.2 Å². The summed E-state index contributed by atoms with van der Waals surface area (Å²) >= 11 is 0. The number of fused-ring (bicyclic) bond motifs is 1. The number of nitrogens with zero attached hydrogens (tertiary/aromatic N) is 5. The number of hydrogen-bond acceptors (Lipinski definition) is 4. The number of aromatic nitrogens is 4. The Morgan fingerprint density at radius 1 is 1.39 bits per heavy atom. The third-order valence-electron chi connectivity index (χ3n) is 3.83. The number of aliphatic hydroxyl groups is 1. The first-order valence-electron chi connectivity index (χ1n) is 7.41. The number of carbonyl (C=O) groups excluding carboxylic acids is 1. The van der Waals surface area contributed by atoms with Crippen LogP contribution in [0.1, 0.15) is 22.0 Å². The van der Waals surface area contributed by atoms with E-state index in [1.165, 1.54) is 0 Å². The first kappa shape index (κ1) is 15.2. The highest BCUT2D eigenvalue weighted by Gasteiger charge is 2.20. The minimum atomic E-state index is -0.217. The molecule has 0 radical (unpaired) electrons. The first-order chi connectivity index (χ1) is 11.1. The van der Waals surface area contributed by atoms with Gasteiger partial charge in [-0.2, -0.15) is 0 Å². The molecule has 0 aromatic carbocycles. The maximum Gasteiger partial charge on any atom is 0.274 e. The maximum atomic E-state index is 12.8. The molecule has 0 unspecified atom stereocenters. The van der Waals surface area contributed by atoms with Gasteiger partial charge in [-0.05, 0) is 19.1 Å². The van der Waals surface area contributed by atoms with E-state index in [4.69, 9.17) is 0 Å². The molecule has 0 atom stereocenters. The number of rotatable bonds is 5. The maximum absolute atomic E-state index is 12.8. The molecule has 120 valence electrons. The lowest BCUT2D eigenvalue weighted by atomic mass is 10.3. The Bertz CT molecular complexity index is 836. The van der Waals surface area contributed by atoms with Gasteiger partial charge in [-0.3, -0.25) is 4.79 Å². The number of hydrogen-bond donors (Lipinski definition) is 1. The number of carbonyl (C=O) groups is 1. The van der Waals surface area contributed by atoms with Crippen molar-refractivity contribution in [2.24, 2.45) is 7.05 Å². The van der Waals surface area contributed by atoms with E-state index in [2.05, 4.69) is 9.97 Å². The van der Waals surface area contributed by atoms with Crippen molar-refractivity contribution in [2.45, 2.75) is 13.5 Å². The third-order valence-corrected chi connectivity index (χ3v) is 3.83. The average molecular weight is 313 g/mol. The van der Waals surface area contributed by atoms with Crippen LogP contribution >= 0.6 is 0 Å². The highest BCUT2D eigenvalue weighted by Crippen LogP contribution is 2.12. The van der Waals surface area contributed by atoms with Crippen molar-refractivity contribution in [2.75, 3.05) is 13.2 Å². The van der Waals surface area contributed by atoms with E-state index in [1.54, 1.807) is 17.3 Å². The van der Waals surface area contributed by atoms with Crippen molar-refractivity contribution in [3.8, 4) is 0 Å². The van der Waals surface area contributed by atoms with Crippen molar-refractivity contribution in [1.82, 2.24) is 23.8 Å². The molecule has 3 heterocycles. The van der Waals surface area contributed by atoms with Gasteiger partial charge in [-0.15, -0.1) is 0 Å². The van der Waals surface area contributed by atoms with Gasteiger partial charge in [0.1, 0.15) is 17.2 Å². The lowest BCUT2D eigenvalue weighted by Gasteiger charge is -2.20. The van der Waals surface area contributed by atoms with E-state index in [9.17, 15) is 9.90 Å². The lowest BCUT2D eigenvalue weighted by Crippen LogP contribution is -2.34. The number of imidazole rings is 2. The van der Waals surface area contributed by atoms with Gasteiger partial charge >= 0.3 is 0 Å². The van der Waals surface area contributed by atoms with E-state index in [1.807, 2.05) is 47.3 Å². The summed E-state index contributed by atoms with van der Waals surface area (Å²) in [6.45, 7) is 2.42. The minimum absolute atomic E-state index is 0.109. The van der Waals surface area contributed by atoms with Gasteiger partial charge in [0.25, 0.3) is 5.91 Å². The van der Waals surface area contributed by atoms with Gasteiger partial charge in [-0.1, -0.05) is 6.07 Å². The van der Waals surface area contributed by atoms with E-state index < -0.39 is 0 Å². The molecule has 1 amide bonds. The monoisotopic (exact) mass is 313 g/mol. The van der Waals surface area contributed by atoms with Crippen LogP contribution in [0.4, 0.5) is 0 Å². The second-order valence-corrected chi connectivity index (χ2v) is 5.43. The van der Waals surface area contributed by atoms with E-state index in [0.717, 1.165) is 17.2 Å². The zero-order valence-corrected chi connectivity index (χ0v) is 13.2. The Hall–Kier alpha value is -2.67. The van der Waals surface area contributed by atoms with Gasteiger partial charge < -0.3 is 19.0 Å². The fourth-order valence-corrected chi connectivity index (χ4v) is 2.51. The third kappa shape index (κ3) is 2.95. The van der Waals surface area contributed by atoms with Crippen LogP contribution < -0.4 is 0 Å². The zero-order valence-electron chi connectivity index (χ0n) is 13.2. The molecule has 3 rings (SSSR count). The summed E-state index contributed by atoms with van der Waals surface area (Å²) in [6, 6.07) is 5.73. The molecular formula is C16H19N5O2. The summed E-state index contributed by atoms with van der Waals surface area (Å²) < 4.78 is 3.73. The molecule has 1 N–H and O–H groups in total. The van der Waals surface area contributed by atoms with Gasteiger partial charge in [0, 0.05) is 37.9 Å². The zero-order chi connectivity index (χ0) is 16.4. The molecule has 0 aliphatic carbocycles. The molecule has 7 nitrogen and oxygen atoms in total. The van der Waals surface area contributed by atoms with Crippen LogP contribution in [0, 0.1) is 6.92 Å². The lowest BCUT2D eigenvalue weighted by molar-refractivity contribution is 0.0696. The Morgan fingerprint density at radius 2 is 2.22 bits per heavy atom. The minimum Gasteiger partial charge on any atom is -0.395 e. The predicted molar refractivity (Wildman–Crippen MR) is 85.0 cm³/mol. The van der Waals surface area contributed by atoms with Crippen molar-refractivity contribution in [3.63, 3.8) is 0 Å². The normalized spacial score (nSPS) is 11.1. The Morgan fingerprint density at radius 3 is 2.87 bits per heavy atom. The van der Waals surface area contributed by atoms with Crippen LogP contribution in [-0.4, -0.2) is 48.0 Å². The summed E-state index contributed by atoms with van der Waals surface area (Å²) in [5.74, 6) is 0.539. The number of aliphatic hydroxyl groups excluding tert-OH is 1. The fourth-order valence-electron chi connectivity index (χ4n) is 2.51. The molecule has 0 saturated heterocycles. The van der Waals surface area contributed by atoms with E-state index in [-0.39, 0.29) is 19.1 Å². The molecule has 23 heavy (non-hydrogen) atoms. The molecule has 0 bridgehead atoms. The summed E-state index contributed by atoms with van der Waals surface area (Å²) in [7, 11) is 1.87. The molecule has 3 aromatic heterocycles. The van der Waals surface area contributed by atoms with Crippen LogP contribution in [0.2, 0.25) is 0 Å². The Kier molecular flexibility index (Phi) is 4.12. The van der Waals surface area contributed by atoms with Crippen molar-refractivity contribution < 1.29 is 9.90 Å². The second kappa shape index (κ2) is 6.21. The SMILES string of the molecule is Cc1cccc2nc(C(=O)N(CCO)Cc3nccn3C)cn12. The quantitative estimate of drug-likeness (QED) is 0.763. The molecule has 0 saturated carbocycles. The summed E-state index contributed by atoms with van der Waals surface area (Å²) in [6.07, 6.45) is 5.24. The summed E-state index contributed by atoms with van der Waals surface area (Å²) in [5.41, 5.74) is 2.10. The summed E-state index contributed by atoms with van der Waals surface area (Å²) in [4.78, 5) is 22.9. The smallest absolute Gasteiger partial charge is 0.274 e.